The van der Waals surface area contributed by atoms with Crippen LogP contribution < -0.4 is 0 Å². The first-order chi connectivity index (χ1) is 32.6. The lowest BCUT2D eigenvalue weighted by Gasteiger charge is -2.42. The Bertz CT molecular complexity index is 1250. The van der Waals surface area contributed by atoms with E-state index in [1.165, 1.54) is 96.3 Å². The molecule has 0 bridgehead atoms. The first kappa shape index (κ1) is 61.3. The van der Waals surface area contributed by atoms with Crippen LogP contribution in [0.1, 0.15) is 194 Å². The van der Waals surface area contributed by atoms with Crippen molar-refractivity contribution in [3.05, 3.63) is 36.5 Å². The first-order valence-corrected chi connectivity index (χ1v) is 26.6. The van der Waals surface area contributed by atoms with Crippen molar-refractivity contribution in [3.8, 4) is 0 Å². The van der Waals surface area contributed by atoms with E-state index in [0.717, 1.165) is 70.6 Å². The maximum atomic E-state index is 13.0. The summed E-state index contributed by atoms with van der Waals surface area (Å²) in [4.78, 5) is 13.0. The molecule has 2 rings (SSSR count). The minimum Gasteiger partial charge on any atom is -0.457 e. The fourth-order valence-electron chi connectivity index (χ4n) is 8.29. The highest BCUT2D eigenvalue weighted by molar-refractivity contribution is 5.69. The van der Waals surface area contributed by atoms with E-state index in [9.17, 15) is 40.5 Å². The molecule has 392 valence electrons. The quantitative estimate of drug-likeness (QED) is 0.0175. The van der Waals surface area contributed by atoms with Gasteiger partial charge in [-0.05, 0) is 51.4 Å². The van der Waals surface area contributed by atoms with Gasteiger partial charge in [-0.2, -0.15) is 0 Å². The van der Waals surface area contributed by atoms with Gasteiger partial charge >= 0.3 is 5.97 Å². The number of aliphatic hydroxyl groups is 7. The lowest BCUT2D eigenvalue weighted by atomic mass is 9.98. The zero-order chi connectivity index (χ0) is 48.7. The molecular formula is C53H96O14. The second-order valence-corrected chi connectivity index (χ2v) is 18.7. The smallest absolute Gasteiger partial charge is 0.306 e. The van der Waals surface area contributed by atoms with Crippen molar-refractivity contribution in [2.75, 3.05) is 33.0 Å². The van der Waals surface area contributed by atoms with E-state index in [4.69, 9.17) is 28.4 Å². The molecule has 2 fully saturated rings. The third-order valence-corrected chi connectivity index (χ3v) is 12.7. The van der Waals surface area contributed by atoms with Gasteiger partial charge in [-0.3, -0.25) is 4.79 Å². The highest BCUT2D eigenvalue weighted by atomic mass is 16.7. The number of hydrogen-bond donors (Lipinski definition) is 7. The number of rotatable bonds is 42. The minimum atomic E-state index is -1.71. The Morgan fingerprint density at radius 2 is 0.925 bits per heavy atom. The van der Waals surface area contributed by atoms with E-state index < -0.39 is 80.7 Å². The van der Waals surface area contributed by atoms with Crippen molar-refractivity contribution in [2.24, 2.45) is 0 Å². The highest BCUT2D eigenvalue weighted by Gasteiger charge is 2.47. The molecule has 0 spiro atoms. The maximum absolute atomic E-state index is 13.0. The molecule has 11 unspecified atom stereocenters. The van der Waals surface area contributed by atoms with E-state index in [1.807, 2.05) is 0 Å². The van der Waals surface area contributed by atoms with Crippen LogP contribution in [-0.2, 0) is 33.2 Å². The summed E-state index contributed by atoms with van der Waals surface area (Å²) in [7, 11) is 0. The van der Waals surface area contributed by atoms with Gasteiger partial charge < -0.3 is 64.2 Å². The van der Waals surface area contributed by atoms with E-state index >= 15 is 0 Å². The molecule has 2 aliphatic rings. The summed E-state index contributed by atoms with van der Waals surface area (Å²) in [6, 6.07) is 0. The third-order valence-electron chi connectivity index (χ3n) is 12.7. The summed E-state index contributed by atoms with van der Waals surface area (Å²) in [5, 5.41) is 72.1. The molecule has 0 radical (unpaired) electrons. The second kappa shape index (κ2) is 40.9. The number of aliphatic hydroxyl groups excluding tert-OH is 7. The van der Waals surface area contributed by atoms with Crippen LogP contribution in [0.3, 0.4) is 0 Å². The fourth-order valence-corrected chi connectivity index (χ4v) is 8.29. The number of carbonyl (C=O) groups is 1. The van der Waals surface area contributed by atoms with Crippen molar-refractivity contribution >= 4 is 5.97 Å². The molecule has 14 heteroatoms. The van der Waals surface area contributed by atoms with Crippen molar-refractivity contribution < 1.29 is 69.0 Å². The molecule has 0 aliphatic carbocycles. The molecular weight excluding hydrogens is 861 g/mol. The largest absolute Gasteiger partial charge is 0.457 e. The summed E-state index contributed by atoms with van der Waals surface area (Å²) in [5.74, 6) is -0.387. The van der Waals surface area contributed by atoms with E-state index in [2.05, 4.69) is 50.3 Å². The number of allylic oxidation sites excluding steroid dienone is 6. The van der Waals surface area contributed by atoms with Gasteiger partial charge in [0.05, 0.1) is 26.4 Å². The van der Waals surface area contributed by atoms with Crippen LogP contribution in [0.5, 0.6) is 0 Å². The number of ether oxygens (including phenoxy) is 6. The molecule has 11 atom stereocenters. The Balaban J connectivity index is 1.76. The van der Waals surface area contributed by atoms with Crippen LogP contribution in [0.25, 0.3) is 0 Å². The molecule has 2 heterocycles. The van der Waals surface area contributed by atoms with Gasteiger partial charge in [-0.15, -0.1) is 0 Å². The SMILES string of the molecule is CCCCC/C=C\C/C=C\C/C=C\CCCCCCCCC(=O)OC(COCCCCCCCCCCCCCCCC)COC1OC(COC2OC(CO)C(O)C(O)C2O)C(O)C(O)C1O. The monoisotopic (exact) mass is 957 g/mol. The van der Waals surface area contributed by atoms with Crippen molar-refractivity contribution in [1.29, 1.82) is 0 Å². The summed E-state index contributed by atoms with van der Waals surface area (Å²) in [5.41, 5.74) is 0. The average molecular weight is 957 g/mol. The molecule has 0 aromatic rings. The fraction of sp³-hybridized carbons (Fsp3) is 0.868. The molecule has 2 aliphatic heterocycles. The highest BCUT2D eigenvalue weighted by Crippen LogP contribution is 2.26. The lowest BCUT2D eigenvalue weighted by molar-refractivity contribution is -0.332. The second-order valence-electron chi connectivity index (χ2n) is 18.7. The molecule has 0 saturated carbocycles. The van der Waals surface area contributed by atoms with Crippen LogP contribution in [0.4, 0.5) is 0 Å². The third kappa shape index (κ3) is 28.6. The van der Waals surface area contributed by atoms with Crippen LogP contribution in [-0.4, -0.2) is 142 Å². The van der Waals surface area contributed by atoms with Crippen LogP contribution in [0, 0.1) is 0 Å². The number of carbonyl (C=O) groups excluding carboxylic acids is 1. The molecule has 2 saturated heterocycles. The normalized spacial score (nSPS) is 26.3. The van der Waals surface area contributed by atoms with Gasteiger partial charge in [-0.25, -0.2) is 0 Å². The first-order valence-electron chi connectivity index (χ1n) is 26.6. The Hall–Kier alpha value is -1.79. The zero-order valence-electron chi connectivity index (χ0n) is 41.6. The number of esters is 1. The van der Waals surface area contributed by atoms with Crippen molar-refractivity contribution in [1.82, 2.24) is 0 Å². The zero-order valence-corrected chi connectivity index (χ0v) is 41.6. The minimum absolute atomic E-state index is 0.0586. The van der Waals surface area contributed by atoms with E-state index in [1.54, 1.807) is 0 Å². The maximum Gasteiger partial charge on any atom is 0.306 e. The summed E-state index contributed by atoms with van der Waals surface area (Å²) in [6.45, 7) is 3.66. The van der Waals surface area contributed by atoms with Crippen LogP contribution in [0.2, 0.25) is 0 Å². The van der Waals surface area contributed by atoms with Gasteiger partial charge in [-0.1, -0.05) is 172 Å². The summed E-state index contributed by atoms with van der Waals surface area (Å²) < 4.78 is 34.3. The van der Waals surface area contributed by atoms with Gasteiger partial charge in [0.1, 0.15) is 54.9 Å². The van der Waals surface area contributed by atoms with Crippen LogP contribution >= 0.6 is 0 Å². The molecule has 14 nitrogen and oxygen atoms in total. The topological polar surface area (TPSA) is 214 Å². The molecule has 7 N–H and O–H groups in total. The lowest BCUT2D eigenvalue weighted by Crippen LogP contribution is -2.61. The van der Waals surface area contributed by atoms with Gasteiger partial charge in [0.15, 0.2) is 12.6 Å². The van der Waals surface area contributed by atoms with Gasteiger partial charge in [0, 0.05) is 13.0 Å². The summed E-state index contributed by atoms with van der Waals surface area (Å²) >= 11 is 0. The Kier molecular flexibility index (Phi) is 37.4. The Labute approximate surface area is 404 Å². The Morgan fingerprint density at radius 1 is 0.493 bits per heavy atom. The number of unbranched alkanes of at least 4 members (excludes halogenated alkanes) is 22. The van der Waals surface area contributed by atoms with E-state index in [0.29, 0.717) is 13.0 Å². The molecule has 0 amide bonds. The molecule has 67 heavy (non-hydrogen) atoms. The Morgan fingerprint density at radius 3 is 1.48 bits per heavy atom. The van der Waals surface area contributed by atoms with Gasteiger partial charge in [0.25, 0.3) is 0 Å². The standard InChI is InChI=1S/C53H96O14/c1-3-5-7-9-11-13-15-17-19-20-21-22-23-24-26-28-30-32-34-36-45(55)65-42(39-62-37-35-33-31-29-27-25-18-16-14-12-10-8-6-4-2)40-63-52-51(61)49(59)47(57)44(67-52)41-64-53-50(60)48(58)46(56)43(38-54)66-53/h11,13,17,19,21-22,42-44,46-54,56-61H,3-10,12,14-16,18,20,23-41H2,1-2H3/b13-11-,19-17-,22-21-. The summed E-state index contributed by atoms with van der Waals surface area (Å²) in [6.07, 6.45) is 29.1. The predicted octanol–water partition coefficient (Wildman–Crippen LogP) is 8.19. The van der Waals surface area contributed by atoms with Gasteiger partial charge in [0.2, 0.25) is 0 Å². The van der Waals surface area contributed by atoms with Crippen molar-refractivity contribution in [3.63, 3.8) is 0 Å². The predicted molar refractivity (Wildman–Crippen MR) is 261 cm³/mol. The van der Waals surface area contributed by atoms with E-state index in [-0.39, 0.29) is 25.6 Å². The van der Waals surface area contributed by atoms with Crippen molar-refractivity contribution in [2.45, 2.75) is 261 Å². The van der Waals surface area contributed by atoms with Crippen LogP contribution in [0.15, 0.2) is 36.5 Å². The average Bonchev–Trinajstić information content (AvgIpc) is 3.32. The molecule has 0 aromatic carbocycles. The molecule has 0 aromatic heterocycles. The number of hydrogen-bond acceptors (Lipinski definition) is 14.